The van der Waals surface area contributed by atoms with Crippen molar-refractivity contribution < 1.29 is 19.3 Å². The van der Waals surface area contributed by atoms with E-state index in [0.29, 0.717) is 0 Å². The van der Waals surface area contributed by atoms with E-state index in [1.54, 1.807) is 12.5 Å². The van der Waals surface area contributed by atoms with E-state index < -0.39 is 0 Å². The third kappa shape index (κ3) is 6.41. The van der Waals surface area contributed by atoms with E-state index in [1.807, 2.05) is 12.1 Å². The van der Waals surface area contributed by atoms with E-state index in [0.717, 1.165) is 0 Å². The molecule has 0 saturated carbocycles. The Labute approximate surface area is 63.5 Å². The fraction of sp³-hybridized carbons (Fsp3) is 0. The summed E-state index contributed by atoms with van der Waals surface area (Å²) < 4.78 is 4.58. The molecule has 44 valence electrons. The van der Waals surface area contributed by atoms with Gasteiger partial charge in [0.15, 0.2) is 0 Å². The van der Waals surface area contributed by atoms with Crippen molar-refractivity contribution in [2.45, 2.75) is 0 Å². The van der Waals surface area contributed by atoms with Crippen LogP contribution in [0.2, 0.25) is 0 Å². The zero-order chi connectivity index (χ0) is 6.24. The molecule has 8 heavy (non-hydrogen) atoms. The van der Waals surface area contributed by atoms with Gasteiger partial charge < -0.3 is 4.42 Å². The largest absolute Gasteiger partial charge is 0.473 e. The molecule has 0 fully saturated rings. The van der Waals surface area contributed by atoms with Gasteiger partial charge in [0.25, 0.3) is 0 Å². The monoisotopic (exact) mass is 230 g/mol. The molecular weight excluding hydrogens is 224 g/mol. The summed E-state index contributed by atoms with van der Waals surface area (Å²) in [6, 6.07) is 3.67. The minimum Gasteiger partial charge on any atom is -0.473 e. The molecule has 0 unspecified atom stereocenters. The van der Waals surface area contributed by atoms with Crippen molar-refractivity contribution in [2.24, 2.45) is 0 Å². The Morgan fingerprint density at radius 1 is 1.12 bits per heavy atom. The number of hydrogen-bond acceptors (Lipinski definition) is 3. The summed E-state index contributed by atoms with van der Waals surface area (Å²) in [5, 5.41) is 0. The maximum Gasteiger partial charge on any atom is 0.0902 e. The summed E-state index contributed by atoms with van der Waals surface area (Å²) >= 11 is -0.363. The van der Waals surface area contributed by atoms with Gasteiger partial charge in [-0.1, -0.05) is 0 Å². The van der Waals surface area contributed by atoms with E-state index in [4.69, 9.17) is 0 Å². The van der Waals surface area contributed by atoms with Crippen molar-refractivity contribution >= 4 is 19.6 Å². The smallest absolute Gasteiger partial charge is 0.0902 e. The second-order valence-corrected chi connectivity index (χ2v) is 4.42. The van der Waals surface area contributed by atoms with Crippen LogP contribution >= 0.6 is 19.6 Å². The predicted octanol–water partition coefficient (Wildman–Crippen LogP) is 2.57. The minimum atomic E-state index is -0.363. The van der Waals surface area contributed by atoms with Gasteiger partial charge >= 0.3 is 34.6 Å². The number of furan rings is 1. The van der Waals surface area contributed by atoms with E-state index in [9.17, 15) is 0 Å². The normalized spacial score (nSPS) is 6.50. The van der Waals surface area contributed by atoms with Gasteiger partial charge in [0.2, 0.25) is 0 Å². The van der Waals surface area contributed by atoms with Crippen LogP contribution in [0.5, 0.6) is 0 Å². The third-order valence-electron chi connectivity index (χ3n) is 0.425. The Bertz CT molecular complexity index is 126. The molecule has 0 amide bonds. The van der Waals surface area contributed by atoms with Crippen LogP contribution in [0.25, 0.3) is 0 Å². The van der Waals surface area contributed by atoms with Crippen LogP contribution in [0.4, 0.5) is 0 Å². The van der Waals surface area contributed by atoms with Gasteiger partial charge in [-0.25, -0.2) is 0 Å². The maximum atomic E-state index is 4.58. The topological polar surface area (TPSA) is 13.1 Å². The fourth-order valence-electron chi connectivity index (χ4n) is 0.227. The quantitative estimate of drug-likeness (QED) is 0.633. The Hall–Kier alpha value is 0.408. The molecule has 1 heterocycles. The van der Waals surface area contributed by atoms with Crippen LogP contribution in [0.3, 0.4) is 0 Å². The molecule has 0 N–H and O–H groups in total. The standard InChI is InChI=1S/C4H4O.Mo.2S/c1-2-4-5-3-1;;;/h1-4H;;;. The van der Waals surface area contributed by atoms with E-state index >= 15 is 0 Å². The number of rotatable bonds is 0. The molecule has 0 bridgehead atoms. The Kier molecular flexibility index (Phi) is 7.79. The van der Waals surface area contributed by atoms with E-state index in [2.05, 4.69) is 24.1 Å². The first kappa shape index (κ1) is 8.41. The zero-order valence-corrected chi connectivity index (χ0v) is 7.58. The van der Waals surface area contributed by atoms with Crippen LogP contribution in [-0.4, -0.2) is 0 Å². The molecule has 0 saturated heterocycles. The SMILES string of the molecule is [S]=[Mo]=[S].c1ccoc1. The summed E-state index contributed by atoms with van der Waals surface area (Å²) in [7, 11) is 8.68. The fourth-order valence-corrected chi connectivity index (χ4v) is 0.227. The van der Waals surface area contributed by atoms with Gasteiger partial charge in [-0.3, -0.25) is 0 Å². The van der Waals surface area contributed by atoms with Gasteiger partial charge in [-0.15, -0.1) is 0 Å². The van der Waals surface area contributed by atoms with E-state index in [-0.39, 0.29) is 14.9 Å². The molecule has 0 atom stereocenters. The summed E-state index contributed by atoms with van der Waals surface area (Å²) in [6.45, 7) is 0. The molecule has 0 aromatic carbocycles. The molecule has 1 aromatic rings. The van der Waals surface area contributed by atoms with Gasteiger partial charge in [0, 0.05) is 0 Å². The van der Waals surface area contributed by atoms with Crippen LogP contribution in [-0.2, 0) is 14.9 Å². The van der Waals surface area contributed by atoms with Crippen LogP contribution in [0, 0.1) is 0 Å². The Morgan fingerprint density at radius 3 is 1.62 bits per heavy atom. The van der Waals surface area contributed by atoms with E-state index in [1.165, 1.54) is 0 Å². The van der Waals surface area contributed by atoms with Crippen molar-refractivity contribution in [1.29, 1.82) is 0 Å². The summed E-state index contributed by atoms with van der Waals surface area (Å²) in [6.07, 6.45) is 3.25. The first-order chi connectivity index (χ1) is 3.91. The second-order valence-electron chi connectivity index (χ2n) is 0.861. The van der Waals surface area contributed by atoms with Crippen LogP contribution in [0.1, 0.15) is 0 Å². The molecule has 0 aliphatic rings. The Morgan fingerprint density at radius 2 is 1.50 bits per heavy atom. The van der Waals surface area contributed by atoms with Crippen molar-refractivity contribution in [3.8, 4) is 0 Å². The molecule has 0 aliphatic carbocycles. The van der Waals surface area contributed by atoms with Crippen molar-refractivity contribution in [3.63, 3.8) is 0 Å². The van der Waals surface area contributed by atoms with Crippen LogP contribution in [0.15, 0.2) is 29.1 Å². The third-order valence-corrected chi connectivity index (χ3v) is 0.425. The maximum absolute atomic E-state index is 4.58. The predicted molar refractivity (Wildman–Crippen MR) is 33.9 cm³/mol. The average molecular weight is 228 g/mol. The summed E-state index contributed by atoms with van der Waals surface area (Å²) in [5.41, 5.74) is 0. The van der Waals surface area contributed by atoms with Gasteiger partial charge in [0.1, 0.15) is 0 Å². The second kappa shape index (κ2) is 7.41. The first-order valence-corrected chi connectivity index (χ1v) is 7.39. The summed E-state index contributed by atoms with van der Waals surface area (Å²) in [4.78, 5) is 0. The van der Waals surface area contributed by atoms with Gasteiger partial charge in [-0.2, -0.15) is 0 Å². The van der Waals surface area contributed by atoms with Crippen molar-refractivity contribution in [2.75, 3.05) is 0 Å². The average Bonchev–Trinajstić information content (AvgIpc) is 2.17. The van der Waals surface area contributed by atoms with Crippen LogP contribution < -0.4 is 0 Å². The molecule has 1 nitrogen and oxygen atoms in total. The molecule has 0 aliphatic heterocycles. The molecule has 4 heteroatoms. The molecule has 0 spiro atoms. The Balaban J connectivity index is 0.000000145. The van der Waals surface area contributed by atoms with Crippen molar-refractivity contribution in [1.82, 2.24) is 0 Å². The zero-order valence-electron chi connectivity index (χ0n) is 3.94. The molecule has 0 radical (unpaired) electrons. The summed E-state index contributed by atoms with van der Waals surface area (Å²) in [5.74, 6) is 0. The number of hydrogen-bond donors (Lipinski definition) is 0. The molecular formula is C4H4MoOS2. The first-order valence-electron chi connectivity index (χ1n) is 1.80. The van der Waals surface area contributed by atoms with Gasteiger partial charge in [0.05, 0.1) is 12.5 Å². The molecule has 1 aromatic heterocycles. The van der Waals surface area contributed by atoms with Gasteiger partial charge in [-0.05, 0) is 12.1 Å². The minimum absolute atomic E-state index is 0.363. The van der Waals surface area contributed by atoms with Crippen molar-refractivity contribution in [3.05, 3.63) is 24.7 Å². The molecule has 1 rings (SSSR count).